The van der Waals surface area contributed by atoms with E-state index in [2.05, 4.69) is 111 Å². The molecule has 0 radical (unpaired) electrons. The summed E-state index contributed by atoms with van der Waals surface area (Å²) in [6, 6.07) is 14.1. The number of likely N-dealkylation sites (tertiary alicyclic amines) is 2. The summed E-state index contributed by atoms with van der Waals surface area (Å²) in [5, 5.41) is 107. The molecule has 5 N–H and O–H groups in total. The molecule has 0 bridgehead atoms. The van der Waals surface area contributed by atoms with E-state index in [1.54, 1.807) is 48.5 Å². The van der Waals surface area contributed by atoms with Crippen molar-refractivity contribution in [2.45, 2.75) is 286 Å². The number of carboxylic acids is 1. The Labute approximate surface area is 875 Å². The SMILES string of the molecule is C.CC(C)(C)[Si](C)(C)OC[C@@H]1C[C@@H](O)CN1.COc1cc(C(=O)N2C=C(OS(=O)(=O)C(F)(F)F)C[C@H]2CO[Si](C)(C)C(C)(C)C)c([N+](=O)[O-])cc1C.COc1cc(C(=O)N2CC(=O)C[C@H]2CO[Si](C)(C)C(C)(C)C)c([N+](=O)[O-])cc1C.COc1cc(C(=O)N2C[C@H](O)C[C@H]2CO[Si](C)(C)C(C)(C)C)c([N+](=O)[O-])cc1C.Cc1cc(C(=O)O)c([N+](=O)[O-])cc1C.Cc1cc(C=O)c([N+](=O)[O-])cc1C.Cc1cc(C=O)c([N+](=O)[O-])cc1O. The highest BCUT2D eigenvalue weighted by molar-refractivity contribution is 7.87. The van der Waals surface area contributed by atoms with Crippen LogP contribution < -0.4 is 19.5 Å². The van der Waals surface area contributed by atoms with Gasteiger partial charge in [-0.1, -0.05) is 90.5 Å². The number of halogens is 3. The maximum absolute atomic E-state index is 13.4. The first-order chi connectivity index (χ1) is 68.0. The third-order valence-electron chi connectivity index (χ3n) is 27.5. The molecule has 3 amide bonds. The molecule has 51 heteroatoms. The summed E-state index contributed by atoms with van der Waals surface area (Å²) >= 11 is 0. The second kappa shape index (κ2) is 53.1. The van der Waals surface area contributed by atoms with Crippen molar-refractivity contribution in [3.05, 3.63) is 223 Å². The normalized spacial score (nSPS) is 16.8. The number of nitro benzene ring substituents is 6. The number of aryl methyl sites for hydroxylation is 8. The van der Waals surface area contributed by atoms with Gasteiger partial charge in [0, 0.05) is 93.3 Å². The average molecular weight is 2200 g/mol. The fraction of sp³-hybridized carbons (Fsp3) is 0.545. The summed E-state index contributed by atoms with van der Waals surface area (Å²) in [5.74, 6) is -3.21. The number of benzene rings is 6. The first-order valence-corrected chi connectivity index (χ1v) is 60.0. The monoisotopic (exact) mass is 2200 g/mol. The number of ketones is 1. The molecule has 150 heavy (non-hydrogen) atoms. The van der Waals surface area contributed by atoms with E-state index in [0.29, 0.717) is 77.5 Å². The van der Waals surface area contributed by atoms with Crippen LogP contribution in [0.25, 0.3) is 0 Å². The van der Waals surface area contributed by atoms with Gasteiger partial charge in [-0.15, -0.1) is 0 Å². The molecule has 0 spiro atoms. The van der Waals surface area contributed by atoms with Gasteiger partial charge in [-0.25, -0.2) is 4.79 Å². The Balaban J connectivity index is 0.000000465. The number of aldehydes is 2. The first kappa shape index (κ1) is 132. The van der Waals surface area contributed by atoms with E-state index in [-0.39, 0.29) is 146 Å². The van der Waals surface area contributed by atoms with Crippen LogP contribution in [0.1, 0.15) is 223 Å². The highest BCUT2D eigenvalue weighted by atomic mass is 32.2. The van der Waals surface area contributed by atoms with E-state index < -0.39 is 144 Å². The van der Waals surface area contributed by atoms with Crippen molar-refractivity contribution in [2.75, 3.05) is 67.4 Å². The first-order valence-electron chi connectivity index (χ1n) is 47.0. The van der Waals surface area contributed by atoms with Gasteiger partial charge < -0.3 is 76.5 Å². The van der Waals surface area contributed by atoms with Crippen molar-refractivity contribution < 1.29 is 141 Å². The lowest BCUT2D eigenvalue weighted by Crippen LogP contribution is -2.46. The van der Waals surface area contributed by atoms with Crippen molar-refractivity contribution in [3.63, 3.8) is 0 Å². The molecular weight excluding hydrogens is 2060 g/mol. The molecule has 0 aromatic heterocycles. The van der Waals surface area contributed by atoms with E-state index in [9.17, 15) is 126 Å². The van der Waals surface area contributed by atoms with Crippen LogP contribution in [0, 0.1) is 116 Å². The van der Waals surface area contributed by atoms with Crippen molar-refractivity contribution in [3.8, 4) is 23.0 Å². The smallest absolute Gasteiger partial charge is 0.507 e. The summed E-state index contributed by atoms with van der Waals surface area (Å²) in [5.41, 5.74) is -3.22. The average Bonchev–Trinajstić information content (AvgIpc) is 1.60. The summed E-state index contributed by atoms with van der Waals surface area (Å²) < 4.78 is 106. The Morgan fingerprint density at radius 2 is 0.773 bits per heavy atom. The molecule has 832 valence electrons. The molecule has 3 fully saturated rings. The zero-order valence-electron chi connectivity index (χ0n) is 90.1. The van der Waals surface area contributed by atoms with Gasteiger partial charge in [0.2, 0.25) is 0 Å². The predicted octanol–water partition coefficient (Wildman–Crippen LogP) is 19.8. The molecule has 43 nitrogen and oxygen atoms in total. The number of amides is 3. The number of alkyl halides is 3. The molecule has 3 saturated heterocycles. The molecule has 4 aliphatic rings. The number of aliphatic hydroxyl groups is 2. The molecular formula is C99H145F3N10O33SSi4. The molecule has 6 aromatic rings. The standard InChI is InChI=1S/C21H29F3N2O8SSi.C20H32N2O6Si.C20H30N2O6Si.C11H25NO2Si.C9H9NO4.C9H9NO3.C8H7NO4.CH4/c1-13-8-17(26(28)29)16(10-18(13)32-5)19(27)25-11-15(34-35(30,31)21(22,23)24)9-14(25)12-33-36(6,7)20(2,3)4;2*1-13-8-17(22(25)26)16(10-18(13)27-5)19(24)21-11-15(23)9-14(21)12-28-29(6,7)20(2,3)4;1-11(2,3)15(4,5)14-8-9-6-10(13)7-12-9;1-5-3-7(9(11)12)8(10(13)14)4-6(5)2;1-6-3-8(5-11)9(10(12)13)4-7(6)2;1-5-2-6(4-10)7(9(12)13)3-8(5)11;/h8,10-11,14H,9,12H2,1-7H3;8,10,14-15,23H,9,11-12H2,1-7H3;8,10,14H,9,11-12H2,1-7H3;9-10,12-13H,6-8H2,1-5H3;3-4H,1-2H3,(H,11,12);3-5H,1-2H3;2-4,11H,1H3;1H4/t14-;14-,15+;14-;9-,10+;;;;/m0000..../s1. The second-order valence-electron chi connectivity index (χ2n) is 42.5. The molecule has 0 aliphatic carbocycles. The van der Waals surface area contributed by atoms with Crippen LogP contribution >= 0.6 is 0 Å². The quantitative estimate of drug-likeness (QED) is 0.00727. The van der Waals surface area contributed by atoms with Crippen LogP contribution in [0.15, 0.2) is 84.8 Å². The lowest BCUT2D eigenvalue weighted by molar-refractivity contribution is -0.385. The Morgan fingerprint density at radius 1 is 0.447 bits per heavy atom. The van der Waals surface area contributed by atoms with Gasteiger partial charge in [0.05, 0.1) is 125 Å². The van der Waals surface area contributed by atoms with Crippen LogP contribution in [-0.4, -0.2) is 258 Å². The number of nitrogens with one attached hydrogen (secondary N) is 1. The summed E-state index contributed by atoms with van der Waals surface area (Å²) in [7, 11) is -9.90. The minimum absolute atomic E-state index is 0. The Bertz CT molecular complexity index is 6010. The molecule has 6 atom stereocenters. The molecule has 4 heterocycles. The second-order valence-corrected chi connectivity index (χ2v) is 63.3. The maximum Gasteiger partial charge on any atom is 0.534 e. The number of carbonyl (C=O) groups is 7. The van der Waals surface area contributed by atoms with Crippen molar-refractivity contribution in [2.24, 2.45) is 0 Å². The fourth-order valence-corrected chi connectivity index (χ4v) is 18.6. The van der Waals surface area contributed by atoms with Gasteiger partial charge >= 0.3 is 21.6 Å². The number of nitro groups is 6. The molecule has 4 aliphatic heterocycles. The number of phenols is 1. The van der Waals surface area contributed by atoms with Crippen LogP contribution in [0.2, 0.25) is 72.5 Å². The van der Waals surface area contributed by atoms with Crippen LogP contribution in [0.3, 0.4) is 0 Å². The number of nitrogens with zero attached hydrogens (tertiary/aromatic N) is 9. The number of carboxylic acid groups (broad SMARTS) is 1. The number of β-amino-alcohol motifs (C(OH)–C–C–N with tert-alkyl or cyclic N) is 2. The van der Waals surface area contributed by atoms with Gasteiger partial charge in [0.15, 0.2) is 51.6 Å². The zero-order valence-corrected chi connectivity index (χ0v) is 94.9. The number of methoxy groups -OCH3 is 3. The summed E-state index contributed by atoms with van der Waals surface area (Å²) in [4.78, 5) is 150. The van der Waals surface area contributed by atoms with Crippen LogP contribution in [0.4, 0.5) is 47.3 Å². The molecule has 6 aromatic carbocycles. The maximum atomic E-state index is 13.4. The van der Waals surface area contributed by atoms with Crippen LogP contribution in [0.5, 0.6) is 23.0 Å². The number of Topliss-reactive ketones (excluding diaryl/α,β-unsaturated/α-hetero) is 1. The molecule has 0 unspecified atom stereocenters. The number of hydrogen-bond donors (Lipinski definition) is 5. The lowest BCUT2D eigenvalue weighted by Gasteiger charge is -2.38. The van der Waals surface area contributed by atoms with E-state index in [1.165, 1.54) is 85.7 Å². The Hall–Kier alpha value is -12.3. The number of phenolic OH excluding ortho intramolecular Hbond substituents is 1. The Morgan fingerprint density at radius 3 is 1.13 bits per heavy atom. The van der Waals surface area contributed by atoms with E-state index in [4.69, 9.17) is 42.1 Å². The minimum Gasteiger partial charge on any atom is -0.507 e. The van der Waals surface area contributed by atoms with E-state index in [1.807, 2.05) is 40.8 Å². The third-order valence-corrected chi connectivity index (χ3v) is 46.5. The van der Waals surface area contributed by atoms with Gasteiger partial charge in [0.25, 0.3) is 51.8 Å². The number of ether oxygens (including phenoxy) is 3. The minimum atomic E-state index is -5.99. The predicted molar refractivity (Wildman–Crippen MR) is 566 cm³/mol. The zero-order chi connectivity index (χ0) is 115. The van der Waals surface area contributed by atoms with Crippen molar-refractivity contribution in [1.29, 1.82) is 0 Å². The number of aromatic carboxylic acids is 1. The van der Waals surface area contributed by atoms with E-state index >= 15 is 0 Å². The van der Waals surface area contributed by atoms with E-state index in [0.717, 1.165) is 59.0 Å². The third kappa shape index (κ3) is 35.1. The Kier molecular flexibility index (Phi) is 46.7. The summed E-state index contributed by atoms with van der Waals surface area (Å²) in [6.07, 6.45) is 1.84. The summed E-state index contributed by atoms with van der Waals surface area (Å²) in [6.45, 7) is 57.5. The van der Waals surface area contributed by atoms with Gasteiger partial charge in [-0.3, -0.25) is 89.5 Å². The lowest BCUT2D eigenvalue weighted by atomic mass is 10.0. The largest absolute Gasteiger partial charge is 0.534 e. The topological polar surface area (TPSA) is 589 Å². The number of rotatable bonds is 29. The van der Waals surface area contributed by atoms with Crippen LogP contribution in [-0.2, 0) is 36.8 Å². The fourth-order valence-electron chi connectivity index (χ4n) is 14.0. The highest BCUT2D eigenvalue weighted by Crippen LogP contribution is 2.45. The van der Waals surface area contributed by atoms with Gasteiger partial charge in [-0.05, 0) is 203 Å². The number of hydrogen-bond acceptors (Lipinski definition) is 33. The molecule has 0 saturated carbocycles. The van der Waals surface area contributed by atoms with Crippen molar-refractivity contribution in [1.82, 2.24) is 20.0 Å². The number of carbonyl (C=O) groups excluding carboxylic acids is 6. The van der Waals surface area contributed by atoms with Gasteiger partial charge in [0.1, 0.15) is 51.0 Å². The van der Waals surface area contributed by atoms with Crippen molar-refractivity contribution >= 4 is 120 Å². The van der Waals surface area contributed by atoms with Gasteiger partial charge in [-0.2, -0.15) is 21.6 Å². The molecule has 10 rings (SSSR count). The number of aliphatic hydroxyl groups excluding tert-OH is 2. The number of aromatic hydroxyl groups is 1. The highest BCUT2D eigenvalue weighted by Gasteiger charge is 2.52.